The molecule has 0 spiro atoms. The van der Waals surface area contributed by atoms with Gasteiger partial charge in [0.25, 0.3) is 5.69 Å². The molecule has 0 radical (unpaired) electrons. The number of nitro groups is 1. The van der Waals surface area contributed by atoms with Gasteiger partial charge in [-0.2, -0.15) is 0 Å². The van der Waals surface area contributed by atoms with Crippen molar-refractivity contribution in [2.45, 2.75) is 0 Å². The number of rotatable bonds is 5. The first-order valence-electron chi connectivity index (χ1n) is 7.57. The molecule has 0 fully saturated rings. The van der Waals surface area contributed by atoms with E-state index in [0.29, 0.717) is 32.0 Å². The van der Waals surface area contributed by atoms with Crippen molar-refractivity contribution in [2.24, 2.45) is 0 Å². The second-order valence-electron chi connectivity index (χ2n) is 5.34. The van der Waals surface area contributed by atoms with E-state index in [9.17, 15) is 14.9 Å². The number of aromatic nitrogens is 1. The first kappa shape index (κ1) is 19.0. The lowest BCUT2D eigenvalue weighted by Gasteiger charge is -2.01. The Bertz CT molecular complexity index is 1050. The van der Waals surface area contributed by atoms with Crippen LogP contribution in [0.1, 0.15) is 5.56 Å². The molecule has 1 N–H and O–H groups in total. The highest BCUT2D eigenvalue weighted by molar-refractivity contribution is 7.14. The molecule has 136 valence electrons. The summed E-state index contributed by atoms with van der Waals surface area (Å²) < 4.78 is 0. The number of amides is 1. The summed E-state index contributed by atoms with van der Waals surface area (Å²) in [6.45, 7) is 0. The van der Waals surface area contributed by atoms with Gasteiger partial charge in [0.15, 0.2) is 5.13 Å². The number of nitrogens with one attached hydrogen (secondary N) is 1. The third kappa shape index (κ3) is 4.91. The summed E-state index contributed by atoms with van der Waals surface area (Å²) in [5, 5.41) is 16.6. The maximum atomic E-state index is 12.1. The molecule has 9 heteroatoms. The topological polar surface area (TPSA) is 85.1 Å². The predicted molar refractivity (Wildman–Crippen MR) is 108 cm³/mol. The van der Waals surface area contributed by atoms with Crippen molar-refractivity contribution in [3.05, 3.63) is 79.6 Å². The number of thiazole rings is 1. The molecule has 0 bridgehead atoms. The third-order valence-corrected chi connectivity index (χ3v) is 4.76. The van der Waals surface area contributed by atoms with Gasteiger partial charge in [0.1, 0.15) is 0 Å². The normalized spacial score (nSPS) is 10.9. The lowest BCUT2D eigenvalue weighted by Crippen LogP contribution is -2.07. The molecular weight excluding hydrogens is 409 g/mol. The molecule has 0 saturated heterocycles. The summed E-state index contributed by atoms with van der Waals surface area (Å²) in [6, 6.07) is 11.1. The highest BCUT2D eigenvalue weighted by atomic mass is 35.5. The highest BCUT2D eigenvalue weighted by Gasteiger charge is 2.10. The zero-order chi connectivity index (χ0) is 19.4. The molecule has 0 atom stereocenters. The van der Waals surface area contributed by atoms with Crippen LogP contribution in [0, 0.1) is 10.1 Å². The third-order valence-electron chi connectivity index (χ3n) is 3.45. The van der Waals surface area contributed by atoms with Gasteiger partial charge in [-0.1, -0.05) is 35.3 Å². The Balaban J connectivity index is 1.69. The van der Waals surface area contributed by atoms with Crippen LogP contribution in [0.25, 0.3) is 17.3 Å². The van der Waals surface area contributed by atoms with Crippen molar-refractivity contribution in [2.75, 3.05) is 5.32 Å². The zero-order valence-corrected chi connectivity index (χ0v) is 15.9. The maximum absolute atomic E-state index is 12.1. The minimum atomic E-state index is -0.490. The molecule has 2 aromatic carbocycles. The number of hydrogen-bond donors (Lipinski definition) is 1. The number of nitro benzene ring substituents is 1. The quantitative estimate of drug-likeness (QED) is 0.327. The average molecular weight is 420 g/mol. The fourth-order valence-corrected chi connectivity index (χ4v) is 3.43. The van der Waals surface area contributed by atoms with Crippen LogP contribution in [0.2, 0.25) is 10.0 Å². The molecule has 0 aliphatic rings. The van der Waals surface area contributed by atoms with Crippen LogP contribution >= 0.6 is 34.5 Å². The summed E-state index contributed by atoms with van der Waals surface area (Å²) >= 11 is 13.3. The molecule has 0 saturated carbocycles. The van der Waals surface area contributed by atoms with E-state index in [1.807, 2.05) is 0 Å². The molecular formula is C18H11Cl2N3O3S. The summed E-state index contributed by atoms with van der Waals surface area (Å²) in [5.74, 6) is -0.399. The second kappa shape index (κ2) is 8.30. The number of carbonyl (C=O) groups is 1. The molecule has 0 aliphatic heterocycles. The smallest absolute Gasteiger partial charge is 0.270 e. The van der Waals surface area contributed by atoms with Crippen LogP contribution < -0.4 is 5.32 Å². The van der Waals surface area contributed by atoms with E-state index in [2.05, 4.69) is 10.3 Å². The number of carbonyl (C=O) groups excluding carboxylic acids is 1. The Kier molecular flexibility index (Phi) is 5.85. The van der Waals surface area contributed by atoms with Crippen molar-refractivity contribution in [1.29, 1.82) is 0 Å². The van der Waals surface area contributed by atoms with Crippen molar-refractivity contribution in [3.63, 3.8) is 0 Å². The first-order valence-corrected chi connectivity index (χ1v) is 9.20. The minimum absolute atomic E-state index is 0.0398. The van der Waals surface area contributed by atoms with Gasteiger partial charge in [-0.05, 0) is 29.8 Å². The Labute approximate surface area is 168 Å². The van der Waals surface area contributed by atoms with Crippen molar-refractivity contribution >= 4 is 57.3 Å². The number of nitrogens with zero attached hydrogens (tertiary/aromatic N) is 2. The first-order chi connectivity index (χ1) is 12.9. The van der Waals surface area contributed by atoms with Crippen molar-refractivity contribution in [3.8, 4) is 11.3 Å². The van der Waals surface area contributed by atoms with E-state index in [-0.39, 0.29) is 5.69 Å². The summed E-state index contributed by atoms with van der Waals surface area (Å²) in [4.78, 5) is 26.7. The lowest BCUT2D eigenvalue weighted by atomic mass is 10.2. The van der Waals surface area contributed by atoms with Gasteiger partial charge in [0.05, 0.1) is 15.6 Å². The van der Waals surface area contributed by atoms with Gasteiger partial charge >= 0.3 is 0 Å². The fourth-order valence-electron chi connectivity index (χ4n) is 2.21. The monoisotopic (exact) mass is 419 g/mol. The molecule has 0 unspecified atom stereocenters. The largest absolute Gasteiger partial charge is 0.298 e. The van der Waals surface area contributed by atoms with E-state index in [1.54, 1.807) is 35.7 Å². The minimum Gasteiger partial charge on any atom is -0.298 e. The van der Waals surface area contributed by atoms with Gasteiger partial charge in [-0.15, -0.1) is 11.3 Å². The summed E-state index contributed by atoms with van der Waals surface area (Å²) in [5.41, 5.74) is 1.85. The summed E-state index contributed by atoms with van der Waals surface area (Å²) in [6.07, 6.45) is 2.78. The number of halogens is 2. The molecule has 3 rings (SSSR count). The Morgan fingerprint density at radius 2 is 2.04 bits per heavy atom. The summed E-state index contributed by atoms with van der Waals surface area (Å²) in [7, 11) is 0. The van der Waals surface area contributed by atoms with E-state index < -0.39 is 10.8 Å². The van der Waals surface area contributed by atoms with Crippen LogP contribution in [-0.2, 0) is 4.79 Å². The van der Waals surface area contributed by atoms with Crippen molar-refractivity contribution in [1.82, 2.24) is 4.98 Å². The zero-order valence-electron chi connectivity index (χ0n) is 13.6. The molecule has 1 heterocycles. The lowest BCUT2D eigenvalue weighted by molar-refractivity contribution is -0.384. The van der Waals surface area contributed by atoms with E-state index in [0.717, 1.165) is 0 Å². The van der Waals surface area contributed by atoms with E-state index >= 15 is 0 Å². The second-order valence-corrected chi connectivity index (χ2v) is 7.04. The van der Waals surface area contributed by atoms with Gasteiger partial charge in [0.2, 0.25) is 5.91 Å². The Morgan fingerprint density at radius 1 is 1.22 bits per heavy atom. The molecule has 0 aliphatic carbocycles. The standard InChI is InChI=1S/C18H11Cl2N3O3S/c19-12-5-6-14(15(20)9-12)16-10-27-18(21-16)22-17(24)7-4-11-2-1-3-13(8-11)23(25)26/h1-10H,(H,21,22,24). The Hall–Kier alpha value is -2.74. The number of non-ortho nitro benzene ring substituents is 1. The van der Waals surface area contributed by atoms with Crippen molar-refractivity contribution < 1.29 is 9.72 Å². The molecule has 1 amide bonds. The number of anilines is 1. The van der Waals surface area contributed by atoms with E-state index in [1.165, 1.54) is 35.6 Å². The van der Waals surface area contributed by atoms with Gasteiger partial charge in [0, 0.05) is 34.2 Å². The molecule has 3 aromatic rings. The van der Waals surface area contributed by atoms with Crippen LogP contribution in [0.3, 0.4) is 0 Å². The predicted octanol–water partition coefficient (Wildman–Crippen LogP) is 5.68. The molecule has 1 aromatic heterocycles. The fraction of sp³-hybridized carbons (Fsp3) is 0. The van der Waals surface area contributed by atoms with Gasteiger partial charge in [-0.25, -0.2) is 4.98 Å². The van der Waals surface area contributed by atoms with Crippen LogP contribution in [0.4, 0.5) is 10.8 Å². The maximum Gasteiger partial charge on any atom is 0.270 e. The Morgan fingerprint density at radius 3 is 2.78 bits per heavy atom. The van der Waals surface area contributed by atoms with Crippen LogP contribution in [0.5, 0.6) is 0 Å². The van der Waals surface area contributed by atoms with Crippen LogP contribution in [-0.4, -0.2) is 15.8 Å². The molecule has 6 nitrogen and oxygen atoms in total. The number of hydrogen-bond acceptors (Lipinski definition) is 5. The van der Waals surface area contributed by atoms with E-state index in [4.69, 9.17) is 23.2 Å². The highest BCUT2D eigenvalue weighted by Crippen LogP contribution is 2.32. The van der Waals surface area contributed by atoms with Crippen LogP contribution in [0.15, 0.2) is 53.9 Å². The van der Waals surface area contributed by atoms with Gasteiger partial charge < -0.3 is 0 Å². The average Bonchev–Trinajstić information content (AvgIpc) is 3.08. The van der Waals surface area contributed by atoms with Gasteiger partial charge in [-0.3, -0.25) is 20.2 Å². The SMILES string of the molecule is O=C(C=Cc1cccc([N+](=O)[O-])c1)Nc1nc(-c2ccc(Cl)cc2Cl)cs1. The molecule has 27 heavy (non-hydrogen) atoms. The number of benzene rings is 2.